The zero-order chi connectivity index (χ0) is 8.70. The number of nitrogens with one attached hydrogen (secondary N) is 1. The van der Waals surface area contributed by atoms with Crippen LogP contribution >= 0.6 is 0 Å². The minimum Gasteiger partial charge on any atom is -0.218 e. The van der Waals surface area contributed by atoms with Crippen LogP contribution in [0, 0.1) is 0 Å². The van der Waals surface area contributed by atoms with Gasteiger partial charge in [-0.2, -0.15) is 0 Å². The van der Waals surface area contributed by atoms with E-state index in [0.717, 1.165) is 0 Å². The molecular formula is C4H9NO2S. The van der Waals surface area contributed by atoms with Crippen molar-refractivity contribution in [2.45, 2.75) is 18.1 Å². The Kier molecular flexibility index (Phi) is 0.675. The maximum Gasteiger partial charge on any atom is 0.214 e. The highest BCUT2D eigenvalue weighted by atomic mass is 32.2. The lowest BCUT2D eigenvalue weighted by Crippen LogP contribution is -2.22. The molecule has 0 atom stereocenters. The second-order valence-corrected chi connectivity index (χ2v) is 3.81. The predicted molar refractivity (Wildman–Crippen MR) is 31.0 cm³/mol. The van der Waals surface area contributed by atoms with Gasteiger partial charge in [-0.3, -0.25) is 0 Å². The van der Waals surface area contributed by atoms with Gasteiger partial charge in [0.15, 0.2) is 0 Å². The van der Waals surface area contributed by atoms with Crippen molar-refractivity contribution in [2.24, 2.45) is 0 Å². The van der Waals surface area contributed by atoms with Crippen LogP contribution < -0.4 is 4.72 Å². The molecule has 0 heterocycles. The molecule has 0 amide bonds. The first-order valence-corrected chi connectivity index (χ1v) is 3.89. The van der Waals surface area contributed by atoms with E-state index in [0.29, 0.717) is 12.8 Å². The molecule has 1 N–H and O–H groups in total. The number of rotatable bonds is 2. The van der Waals surface area contributed by atoms with Crippen LogP contribution in [0.5, 0.6) is 0 Å². The zero-order valence-corrected chi connectivity index (χ0v) is 5.03. The van der Waals surface area contributed by atoms with Gasteiger partial charge in [-0.1, -0.05) is 0 Å². The fraction of sp³-hybridized carbons (Fsp3) is 1.00. The Labute approximate surface area is 53.4 Å². The zero-order valence-electron chi connectivity index (χ0n) is 7.22. The summed E-state index contributed by atoms with van der Waals surface area (Å²) >= 11 is 0. The fourth-order valence-corrected chi connectivity index (χ4v) is 1.39. The Balaban J connectivity index is 2.60. The molecule has 3 nitrogen and oxygen atoms in total. The molecule has 0 bridgehead atoms. The lowest BCUT2D eigenvalue weighted by molar-refractivity contribution is 0.587. The summed E-state index contributed by atoms with van der Waals surface area (Å²) in [6.45, 7) is -2.58. The first-order chi connectivity index (χ1) is 4.81. The summed E-state index contributed by atoms with van der Waals surface area (Å²) in [4.78, 5) is 0. The topological polar surface area (TPSA) is 46.2 Å². The maximum atomic E-state index is 10.9. The van der Waals surface area contributed by atoms with Gasteiger partial charge in [-0.15, -0.1) is 0 Å². The monoisotopic (exact) mass is 138 g/mol. The lowest BCUT2D eigenvalue weighted by atomic mass is 11.0. The maximum absolute atomic E-state index is 10.9. The molecule has 48 valence electrons. The van der Waals surface area contributed by atoms with E-state index in [1.54, 1.807) is 4.72 Å². The molecule has 0 spiro atoms. The van der Waals surface area contributed by atoms with Gasteiger partial charge in [-0.25, -0.2) is 13.1 Å². The van der Waals surface area contributed by atoms with E-state index in [-0.39, 0.29) is 0 Å². The summed E-state index contributed by atoms with van der Waals surface area (Å²) in [7, 11) is -3.56. The number of hydrogen-bond acceptors (Lipinski definition) is 2. The first-order valence-electron chi connectivity index (χ1n) is 3.84. The number of sulfonamides is 1. The minimum atomic E-state index is -3.56. The molecule has 0 unspecified atom stereocenters. The summed E-state index contributed by atoms with van der Waals surface area (Å²) in [5, 5.41) is -0.470. The third-order valence-corrected chi connectivity index (χ3v) is 2.74. The quantitative estimate of drug-likeness (QED) is 0.569. The molecule has 1 aliphatic carbocycles. The van der Waals surface area contributed by atoms with E-state index >= 15 is 0 Å². The van der Waals surface area contributed by atoms with Gasteiger partial charge in [0, 0.05) is 4.11 Å². The summed E-state index contributed by atoms with van der Waals surface area (Å²) < 4.78 is 43.5. The van der Waals surface area contributed by atoms with Crippen molar-refractivity contribution < 1.29 is 12.5 Å². The molecule has 4 heteroatoms. The SMILES string of the molecule is [2H]C([2H])([2H])NS(=O)(=O)C1CC1. The Hall–Kier alpha value is -0.0900. The average Bonchev–Trinajstić information content (AvgIpc) is 2.30. The lowest BCUT2D eigenvalue weighted by Gasteiger charge is -1.94. The van der Waals surface area contributed by atoms with E-state index in [9.17, 15) is 8.42 Å². The van der Waals surface area contributed by atoms with Crippen LogP contribution in [-0.2, 0) is 10.0 Å². The minimum absolute atomic E-state index is 0.470. The Bertz CT molecular complexity index is 241. The van der Waals surface area contributed by atoms with Gasteiger partial charge >= 0.3 is 0 Å². The van der Waals surface area contributed by atoms with Crippen molar-refractivity contribution in [1.82, 2.24) is 4.72 Å². The second-order valence-electron chi connectivity index (χ2n) is 1.85. The van der Waals surface area contributed by atoms with Crippen LogP contribution in [0.15, 0.2) is 0 Å². The molecule has 1 aliphatic rings. The van der Waals surface area contributed by atoms with E-state index in [1.807, 2.05) is 0 Å². The molecule has 8 heavy (non-hydrogen) atoms. The molecule has 1 fully saturated rings. The van der Waals surface area contributed by atoms with Gasteiger partial charge in [0.25, 0.3) is 0 Å². The molecule has 0 radical (unpaired) electrons. The van der Waals surface area contributed by atoms with Crippen LogP contribution in [0.25, 0.3) is 0 Å². The van der Waals surface area contributed by atoms with Crippen molar-refractivity contribution in [3.8, 4) is 0 Å². The summed E-state index contributed by atoms with van der Waals surface area (Å²) in [6.07, 6.45) is 1.15. The molecule has 0 aromatic rings. The Morgan fingerprint density at radius 1 is 1.75 bits per heavy atom. The normalized spacial score (nSPS) is 28.2. The van der Waals surface area contributed by atoms with Crippen LogP contribution in [-0.4, -0.2) is 20.6 Å². The van der Waals surface area contributed by atoms with E-state index < -0.39 is 22.2 Å². The van der Waals surface area contributed by atoms with Crippen molar-refractivity contribution >= 4 is 10.0 Å². The fourth-order valence-electron chi connectivity index (χ4n) is 0.462. The highest BCUT2D eigenvalue weighted by Crippen LogP contribution is 2.26. The van der Waals surface area contributed by atoms with Crippen molar-refractivity contribution in [2.75, 3.05) is 6.98 Å². The molecule has 1 saturated carbocycles. The molecule has 0 aliphatic heterocycles. The summed E-state index contributed by atoms with van der Waals surface area (Å²) in [5.74, 6) is 0. The van der Waals surface area contributed by atoms with E-state index in [1.165, 1.54) is 0 Å². The highest BCUT2D eigenvalue weighted by molar-refractivity contribution is 7.90. The van der Waals surface area contributed by atoms with Crippen LogP contribution in [0.1, 0.15) is 17.0 Å². The molecule has 1 rings (SSSR count). The third kappa shape index (κ3) is 1.00. The Morgan fingerprint density at radius 3 is 2.75 bits per heavy atom. The van der Waals surface area contributed by atoms with Crippen LogP contribution in [0.2, 0.25) is 0 Å². The molecule has 0 aromatic carbocycles. The van der Waals surface area contributed by atoms with Gasteiger partial charge in [0.05, 0.1) is 5.25 Å². The predicted octanol–water partition coefficient (Wildman–Crippen LogP) is -0.302. The van der Waals surface area contributed by atoms with Crippen molar-refractivity contribution in [3.05, 3.63) is 0 Å². The molecular weight excluding hydrogens is 126 g/mol. The second kappa shape index (κ2) is 1.70. The number of hydrogen-bond donors (Lipinski definition) is 1. The van der Waals surface area contributed by atoms with Crippen molar-refractivity contribution in [1.29, 1.82) is 0 Å². The molecule has 0 saturated heterocycles. The van der Waals surface area contributed by atoms with Crippen LogP contribution in [0.4, 0.5) is 0 Å². The van der Waals surface area contributed by atoms with Gasteiger partial charge in [0.2, 0.25) is 10.0 Å². The molecule has 0 aromatic heterocycles. The van der Waals surface area contributed by atoms with Gasteiger partial charge in [-0.05, 0) is 19.8 Å². The average molecular weight is 138 g/mol. The van der Waals surface area contributed by atoms with E-state index in [2.05, 4.69) is 0 Å². The highest BCUT2D eigenvalue weighted by Gasteiger charge is 2.34. The largest absolute Gasteiger partial charge is 0.218 e. The first kappa shape index (κ1) is 3.17. The van der Waals surface area contributed by atoms with E-state index in [4.69, 9.17) is 4.11 Å². The summed E-state index contributed by atoms with van der Waals surface area (Å²) in [6, 6.07) is 0. The Morgan fingerprint density at radius 2 is 2.38 bits per heavy atom. The van der Waals surface area contributed by atoms with Crippen molar-refractivity contribution in [3.63, 3.8) is 0 Å². The summed E-state index contributed by atoms with van der Waals surface area (Å²) in [5.41, 5.74) is 0. The van der Waals surface area contributed by atoms with Gasteiger partial charge in [0.1, 0.15) is 0 Å². The smallest absolute Gasteiger partial charge is 0.214 e. The standard InChI is InChI=1S/C4H9NO2S/c1-5-8(6,7)4-2-3-4/h4-5H,2-3H2,1H3/i1D3. The van der Waals surface area contributed by atoms with Crippen LogP contribution in [0.3, 0.4) is 0 Å². The third-order valence-electron chi connectivity index (χ3n) is 1.11. The van der Waals surface area contributed by atoms with Gasteiger partial charge < -0.3 is 0 Å².